The Balaban J connectivity index is 1.32. The van der Waals surface area contributed by atoms with Gasteiger partial charge in [0.05, 0.1) is 12.3 Å². The summed E-state index contributed by atoms with van der Waals surface area (Å²) in [5.41, 5.74) is 2.72. The minimum absolute atomic E-state index is 0.0379. The maximum Gasteiger partial charge on any atom is 0.251 e. The van der Waals surface area contributed by atoms with Crippen molar-refractivity contribution in [2.75, 3.05) is 18.9 Å². The minimum atomic E-state index is -0.139. The van der Waals surface area contributed by atoms with Crippen LogP contribution in [0.5, 0.6) is 5.75 Å². The van der Waals surface area contributed by atoms with E-state index in [9.17, 15) is 9.59 Å². The lowest BCUT2D eigenvalue weighted by atomic mass is 10.1. The van der Waals surface area contributed by atoms with Gasteiger partial charge in [-0.3, -0.25) is 9.59 Å². The molecule has 3 aromatic rings. The van der Waals surface area contributed by atoms with Crippen molar-refractivity contribution in [3.63, 3.8) is 0 Å². The van der Waals surface area contributed by atoms with Crippen molar-refractivity contribution < 1.29 is 14.3 Å². The second kappa shape index (κ2) is 10.2. The number of amides is 2. The number of thioether (sulfide) groups is 1. The second-order valence-electron chi connectivity index (χ2n) is 7.21. The number of hydrogen-bond acceptors (Lipinski definition) is 4. The van der Waals surface area contributed by atoms with Crippen LogP contribution < -0.4 is 10.1 Å². The number of carbonyl (C=O) groups is 2. The SMILES string of the molecule is O=C(NCCOc1ccccc1)c1ccc(C2SCC(=O)N2Cc2ccccc2)cc1. The van der Waals surface area contributed by atoms with Crippen molar-refractivity contribution in [2.24, 2.45) is 0 Å². The van der Waals surface area contributed by atoms with Crippen molar-refractivity contribution in [1.29, 1.82) is 0 Å². The summed E-state index contributed by atoms with van der Waals surface area (Å²) in [7, 11) is 0. The molecule has 0 radical (unpaired) electrons. The van der Waals surface area contributed by atoms with E-state index in [0.29, 0.717) is 31.0 Å². The molecule has 1 atom stereocenters. The average molecular weight is 433 g/mol. The average Bonchev–Trinajstić information content (AvgIpc) is 3.18. The largest absolute Gasteiger partial charge is 0.492 e. The van der Waals surface area contributed by atoms with Gasteiger partial charge in [0.1, 0.15) is 17.7 Å². The van der Waals surface area contributed by atoms with Crippen molar-refractivity contribution >= 4 is 23.6 Å². The van der Waals surface area contributed by atoms with Crippen LogP contribution >= 0.6 is 11.8 Å². The summed E-state index contributed by atoms with van der Waals surface area (Å²) in [5, 5.41) is 2.84. The Morgan fingerprint density at radius 2 is 1.65 bits per heavy atom. The molecule has 0 saturated carbocycles. The van der Waals surface area contributed by atoms with Crippen LogP contribution in [0.1, 0.15) is 26.9 Å². The fraction of sp³-hybridized carbons (Fsp3) is 0.200. The molecule has 1 unspecified atom stereocenters. The van der Waals surface area contributed by atoms with E-state index in [0.717, 1.165) is 16.9 Å². The van der Waals surface area contributed by atoms with Crippen molar-refractivity contribution in [2.45, 2.75) is 11.9 Å². The standard InChI is InChI=1S/C25H24N2O3S/c28-23-18-31-25(27(23)17-19-7-3-1-4-8-19)21-13-11-20(12-14-21)24(29)26-15-16-30-22-9-5-2-6-10-22/h1-14,25H,15-18H2,(H,26,29). The molecule has 0 aromatic heterocycles. The minimum Gasteiger partial charge on any atom is -0.492 e. The number of hydrogen-bond donors (Lipinski definition) is 1. The molecule has 0 aliphatic carbocycles. The summed E-state index contributed by atoms with van der Waals surface area (Å²) in [6, 6.07) is 27.0. The number of benzene rings is 3. The molecule has 1 N–H and O–H groups in total. The van der Waals surface area contributed by atoms with Crippen LogP contribution in [0.3, 0.4) is 0 Å². The van der Waals surface area contributed by atoms with E-state index in [2.05, 4.69) is 5.32 Å². The highest BCUT2D eigenvalue weighted by Gasteiger charge is 2.32. The first-order valence-electron chi connectivity index (χ1n) is 10.2. The van der Waals surface area contributed by atoms with Crippen LogP contribution in [-0.4, -0.2) is 35.6 Å². The first-order valence-corrected chi connectivity index (χ1v) is 11.3. The molecule has 0 bridgehead atoms. The van der Waals surface area contributed by atoms with Gasteiger partial charge < -0.3 is 15.0 Å². The van der Waals surface area contributed by atoms with Gasteiger partial charge in [0.15, 0.2) is 0 Å². The van der Waals surface area contributed by atoms with Gasteiger partial charge in [-0.2, -0.15) is 0 Å². The van der Waals surface area contributed by atoms with E-state index in [1.54, 1.807) is 11.8 Å². The van der Waals surface area contributed by atoms with Gasteiger partial charge in [-0.1, -0.05) is 60.7 Å². The molecule has 2 amide bonds. The highest BCUT2D eigenvalue weighted by Crippen LogP contribution is 2.39. The lowest BCUT2D eigenvalue weighted by Crippen LogP contribution is -2.28. The van der Waals surface area contributed by atoms with Gasteiger partial charge in [0.2, 0.25) is 5.91 Å². The van der Waals surface area contributed by atoms with Crippen molar-refractivity contribution in [3.8, 4) is 5.75 Å². The highest BCUT2D eigenvalue weighted by molar-refractivity contribution is 8.00. The number of carbonyl (C=O) groups excluding carboxylic acids is 2. The number of nitrogens with zero attached hydrogens (tertiary/aromatic N) is 1. The van der Waals surface area contributed by atoms with E-state index in [4.69, 9.17) is 4.74 Å². The summed E-state index contributed by atoms with van der Waals surface area (Å²) < 4.78 is 5.59. The van der Waals surface area contributed by atoms with Gasteiger partial charge in [-0.25, -0.2) is 0 Å². The Bertz CT molecular complexity index is 1010. The molecule has 4 rings (SSSR count). The van der Waals surface area contributed by atoms with Gasteiger partial charge in [0, 0.05) is 12.1 Å². The fourth-order valence-electron chi connectivity index (χ4n) is 3.43. The van der Waals surface area contributed by atoms with E-state index < -0.39 is 0 Å². The lowest BCUT2D eigenvalue weighted by molar-refractivity contribution is -0.128. The molecular formula is C25H24N2O3S. The van der Waals surface area contributed by atoms with Crippen LogP contribution in [-0.2, 0) is 11.3 Å². The number of rotatable bonds is 8. The molecule has 1 saturated heterocycles. The summed E-state index contributed by atoms with van der Waals surface area (Å²) in [5.74, 6) is 1.25. The Hall–Kier alpha value is -3.25. The first-order chi connectivity index (χ1) is 15.2. The maximum atomic E-state index is 12.4. The fourth-order valence-corrected chi connectivity index (χ4v) is 4.62. The van der Waals surface area contributed by atoms with Crippen molar-refractivity contribution in [1.82, 2.24) is 10.2 Å². The van der Waals surface area contributed by atoms with E-state index in [1.807, 2.05) is 89.8 Å². The number of ether oxygens (including phenoxy) is 1. The van der Waals surface area contributed by atoms with Gasteiger partial charge in [-0.05, 0) is 35.4 Å². The predicted octanol–water partition coefficient (Wildman–Crippen LogP) is 4.27. The van der Waals surface area contributed by atoms with E-state index in [-0.39, 0.29) is 17.2 Å². The molecule has 0 spiro atoms. The maximum absolute atomic E-state index is 12.4. The zero-order valence-corrected chi connectivity index (χ0v) is 17.9. The molecule has 31 heavy (non-hydrogen) atoms. The predicted molar refractivity (Wildman–Crippen MR) is 123 cm³/mol. The van der Waals surface area contributed by atoms with E-state index >= 15 is 0 Å². The van der Waals surface area contributed by atoms with E-state index in [1.165, 1.54) is 0 Å². The zero-order valence-electron chi connectivity index (χ0n) is 17.1. The molecule has 1 aliphatic heterocycles. The Kier molecular flexibility index (Phi) is 6.89. The molecular weight excluding hydrogens is 408 g/mol. The zero-order chi connectivity index (χ0) is 21.5. The van der Waals surface area contributed by atoms with Crippen LogP contribution in [0.25, 0.3) is 0 Å². The number of para-hydroxylation sites is 1. The molecule has 3 aromatic carbocycles. The summed E-state index contributed by atoms with van der Waals surface area (Å²) in [6.45, 7) is 1.41. The molecule has 1 aliphatic rings. The Labute approximate surface area is 186 Å². The lowest BCUT2D eigenvalue weighted by Gasteiger charge is -2.24. The molecule has 5 nitrogen and oxygen atoms in total. The summed E-state index contributed by atoms with van der Waals surface area (Å²) in [6.07, 6.45) is 0. The normalized spacial score (nSPS) is 15.7. The van der Waals surface area contributed by atoms with Gasteiger partial charge in [-0.15, -0.1) is 11.8 Å². The third kappa shape index (κ3) is 5.47. The quantitative estimate of drug-likeness (QED) is 0.540. The Morgan fingerprint density at radius 1 is 0.968 bits per heavy atom. The number of nitrogens with one attached hydrogen (secondary N) is 1. The Morgan fingerprint density at radius 3 is 2.35 bits per heavy atom. The highest BCUT2D eigenvalue weighted by atomic mass is 32.2. The van der Waals surface area contributed by atoms with Crippen LogP contribution in [0.15, 0.2) is 84.9 Å². The molecule has 6 heteroatoms. The van der Waals surface area contributed by atoms with Crippen molar-refractivity contribution in [3.05, 3.63) is 102 Å². The molecule has 158 valence electrons. The summed E-state index contributed by atoms with van der Waals surface area (Å²) >= 11 is 1.62. The van der Waals surface area contributed by atoms with Crippen LogP contribution in [0.4, 0.5) is 0 Å². The summed E-state index contributed by atoms with van der Waals surface area (Å²) in [4.78, 5) is 26.7. The first kappa shape index (κ1) is 21.0. The van der Waals surface area contributed by atoms with Crippen LogP contribution in [0.2, 0.25) is 0 Å². The topological polar surface area (TPSA) is 58.6 Å². The monoisotopic (exact) mass is 432 g/mol. The third-order valence-electron chi connectivity index (χ3n) is 5.02. The van der Waals surface area contributed by atoms with Crippen LogP contribution in [0, 0.1) is 0 Å². The van der Waals surface area contributed by atoms with Gasteiger partial charge in [0.25, 0.3) is 5.91 Å². The molecule has 1 heterocycles. The second-order valence-corrected chi connectivity index (χ2v) is 8.28. The smallest absolute Gasteiger partial charge is 0.251 e. The van der Waals surface area contributed by atoms with Gasteiger partial charge >= 0.3 is 0 Å². The molecule has 1 fully saturated rings. The third-order valence-corrected chi connectivity index (χ3v) is 6.28.